The van der Waals surface area contributed by atoms with Gasteiger partial charge < -0.3 is 14.6 Å². The molecule has 0 amide bonds. The molecule has 21 heavy (non-hydrogen) atoms. The van der Waals surface area contributed by atoms with E-state index in [0.29, 0.717) is 34.2 Å². The highest BCUT2D eigenvalue weighted by atomic mass is 79.9. The summed E-state index contributed by atoms with van der Waals surface area (Å²) in [6.45, 7) is 0.646. The minimum absolute atomic E-state index is 0.196. The first kappa shape index (κ1) is 15.7. The lowest BCUT2D eigenvalue weighted by molar-refractivity contribution is 0.0696. The Morgan fingerprint density at radius 1 is 1.10 bits per heavy atom. The summed E-state index contributed by atoms with van der Waals surface area (Å²) in [6, 6.07) is 11.8. The van der Waals surface area contributed by atoms with Gasteiger partial charge in [-0.3, -0.25) is 0 Å². The van der Waals surface area contributed by atoms with Crippen molar-refractivity contribution in [2.24, 2.45) is 0 Å². The van der Waals surface area contributed by atoms with Gasteiger partial charge in [0.15, 0.2) is 0 Å². The Morgan fingerprint density at radius 3 is 2.38 bits per heavy atom. The van der Waals surface area contributed by atoms with E-state index < -0.39 is 5.97 Å². The van der Waals surface area contributed by atoms with Crippen LogP contribution in [-0.2, 0) is 0 Å². The summed E-state index contributed by atoms with van der Waals surface area (Å²) in [5.41, 5.74) is 0.196. The van der Waals surface area contributed by atoms with Crippen LogP contribution in [0.5, 0.6) is 11.5 Å². The number of carboxylic acid groups (broad SMARTS) is 1. The molecule has 0 spiro atoms. The Bertz CT molecular complexity index is 645. The van der Waals surface area contributed by atoms with Crippen LogP contribution in [0.4, 0.5) is 0 Å². The second-order valence-electron chi connectivity index (χ2n) is 4.08. The van der Waals surface area contributed by atoms with Gasteiger partial charge in [0.25, 0.3) is 0 Å². The topological polar surface area (TPSA) is 55.8 Å². The number of para-hydroxylation sites is 1. The average molecular weight is 372 g/mol. The fraction of sp³-hybridized carbons (Fsp3) is 0.133. The zero-order valence-corrected chi connectivity index (χ0v) is 13.2. The van der Waals surface area contributed by atoms with Crippen LogP contribution in [0.25, 0.3) is 0 Å². The summed E-state index contributed by atoms with van der Waals surface area (Å²) in [4.78, 5) is 10.8. The van der Waals surface area contributed by atoms with E-state index >= 15 is 0 Å². The molecule has 2 aromatic carbocycles. The third-order valence-electron chi connectivity index (χ3n) is 2.61. The minimum Gasteiger partial charge on any atom is -0.489 e. The van der Waals surface area contributed by atoms with E-state index in [1.165, 1.54) is 12.1 Å². The fourth-order valence-corrected chi connectivity index (χ4v) is 2.30. The lowest BCUT2D eigenvalue weighted by Gasteiger charge is -2.10. The smallest absolute Gasteiger partial charge is 0.335 e. The van der Waals surface area contributed by atoms with Gasteiger partial charge in [0.2, 0.25) is 0 Å². The molecule has 0 fully saturated rings. The van der Waals surface area contributed by atoms with Gasteiger partial charge >= 0.3 is 5.97 Å². The number of hydrogen-bond acceptors (Lipinski definition) is 3. The van der Waals surface area contributed by atoms with Crippen LogP contribution in [0, 0.1) is 0 Å². The Hall–Kier alpha value is -1.72. The van der Waals surface area contributed by atoms with Crippen molar-refractivity contribution in [2.45, 2.75) is 0 Å². The van der Waals surface area contributed by atoms with Crippen molar-refractivity contribution >= 4 is 33.5 Å². The Kier molecular flexibility index (Phi) is 5.47. The number of benzene rings is 2. The highest BCUT2D eigenvalue weighted by Crippen LogP contribution is 2.26. The summed E-state index contributed by atoms with van der Waals surface area (Å²) in [6.07, 6.45) is 0. The predicted octanol–water partition coefficient (Wildman–Crippen LogP) is 4.26. The maximum absolute atomic E-state index is 10.8. The number of carbonyl (C=O) groups is 1. The molecule has 1 N–H and O–H groups in total. The van der Waals surface area contributed by atoms with Crippen molar-refractivity contribution in [3.05, 3.63) is 57.5 Å². The SMILES string of the molecule is O=C(O)c1ccc(OCCOc2ccccc2Cl)c(Br)c1. The van der Waals surface area contributed by atoms with Gasteiger partial charge in [0.05, 0.1) is 15.1 Å². The van der Waals surface area contributed by atoms with Crippen molar-refractivity contribution in [1.82, 2.24) is 0 Å². The van der Waals surface area contributed by atoms with E-state index in [9.17, 15) is 4.79 Å². The molecule has 0 aliphatic heterocycles. The van der Waals surface area contributed by atoms with E-state index in [4.69, 9.17) is 26.2 Å². The standard InChI is InChI=1S/C15H12BrClO4/c16-11-9-10(15(18)19)5-6-13(11)20-7-8-21-14-4-2-1-3-12(14)17/h1-6,9H,7-8H2,(H,18,19). The molecule has 0 saturated heterocycles. The van der Waals surface area contributed by atoms with Crippen LogP contribution in [-0.4, -0.2) is 24.3 Å². The fourth-order valence-electron chi connectivity index (χ4n) is 1.62. The maximum atomic E-state index is 10.8. The van der Waals surface area contributed by atoms with Crippen molar-refractivity contribution in [3.63, 3.8) is 0 Å². The molecule has 0 atom stereocenters. The van der Waals surface area contributed by atoms with E-state index in [0.717, 1.165) is 0 Å². The normalized spacial score (nSPS) is 10.2. The van der Waals surface area contributed by atoms with Crippen LogP contribution in [0.15, 0.2) is 46.9 Å². The number of ether oxygens (including phenoxy) is 2. The lowest BCUT2D eigenvalue weighted by atomic mass is 10.2. The highest BCUT2D eigenvalue weighted by molar-refractivity contribution is 9.10. The number of carboxylic acids is 1. The largest absolute Gasteiger partial charge is 0.489 e. The molecule has 0 radical (unpaired) electrons. The molecule has 0 aliphatic carbocycles. The summed E-state index contributed by atoms with van der Waals surface area (Å²) in [5, 5.41) is 9.42. The molecular formula is C15H12BrClO4. The molecule has 0 unspecified atom stereocenters. The minimum atomic E-state index is -0.982. The van der Waals surface area contributed by atoms with E-state index in [1.807, 2.05) is 12.1 Å². The monoisotopic (exact) mass is 370 g/mol. The Balaban J connectivity index is 1.87. The van der Waals surface area contributed by atoms with Gasteiger partial charge in [-0.1, -0.05) is 23.7 Å². The highest BCUT2D eigenvalue weighted by Gasteiger charge is 2.07. The molecule has 0 heterocycles. The molecular weight excluding hydrogens is 360 g/mol. The van der Waals surface area contributed by atoms with Crippen molar-refractivity contribution in [2.75, 3.05) is 13.2 Å². The summed E-state index contributed by atoms with van der Waals surface area (Å²) >= 11 is 9.24. The van der Waals surface area contributed by atoms with Gasteiger partial charge in [-0.15, -0.1) is 0 Å². The Morgan fingerprint density at radius 2 is 1.76 bits per heavy atom. The van der Waals surface area contributed by atoms with Gasteiger partial charge in [-0.25, -0.2) is 4.79 Å². The predicted molar refractivity (Wildman–Crippen MR) is 83.5 cm³/mol. The number of rotatable bonds is 6. The van der Waals surface area contributed by atoms with E-state index in [2.05, 4.69) is 15.9 Å². The summed E-state index contributed by atoms with van der Waals surface area (Å²) in [5.74, 6) is 0.176. The summed E-state index contributed by atoms with van der Waals surface area (Å²) < 4.78 is 11.6. The van der Waals surface area contributed by atoms with Crippen molar-refractivity contribution in [3.8, 4) is 11.5 Å². The first-order valence-corrected chi connectivity index (χ1v) is 7.28. The molecule has 110 valence electrons. The molecule has 2 rings (SSSR count). The van der Waals surface area contributed by atoms with Crippen molar-refractivity contribution < 1.29 is 19.4 Å². The second kappa shape index (κ2) is 7.33. The lowest BCUT2D eigenvalue weighted by Crippen LogP contribution is -2.09. The zero-order chi connectivity index (χ0) is 15.2. The van der Waals surface area contributed by atoms with E-state index in [1.54, 1.807) is 18.2 Å². The molecule has 6 heteroatoms. The molecule has 0 saturated carbocycles. The van der Waals surface area contributed by atoms with Gasteiger partial charge in [0, 0.05) is 0 Å². The first-order valence-electron chi connectivity index (χ1n) is 6.11. The average Bonchev–Trinajstić information content (AvgIpc) is 2.46. The number of hydrogen-bond donors (Lipinski definition) is 1. The summed E-state index contributed by atoms with van der Waals surface area (Å²) in [7, 11) is 0. The van der Waals surface area contributed by atoms with Gasteiger partial charge in [-0.2, -0.15) is 0 Å². The van der Waals surface area contributed by atoms with Crippen LogP contribution in [0.1, 0.15) is 10.4 Å². The van der Waals surface area contributed by atoms with Crippen LogP contribution < -0.4 is 9.47 Å². The van der Waals surface area contributed by atoms with Gasteiger partial charge in [-0.05, 0) is 46.3 Å². The Labute approximate surface area is 135 Å². The second-order valence-corrected chi connectivity index (χ2v) is 5.34. The van der Waals surface area contributed by atoms with Gasteiger partial charge in [0.1, 0.15) is 24.7 Å². The van der Waals surface area contributed by atoms with Crippen molar-refractivity contribution in [1.29, 1.82) is 0 Å². The van der Waals surface area contributed by atoms with Crippen LogP contribution in [0.2, 0.25) is 5.02 Å². The van der Waals surface area contributed by atoms with Crippen LogP contribution in [0.3, 0.4) is 0 Å². The molecule has 0 bridgehead atoms. The zero-order valence-electron chi connectivity index (χ0n) is 10.9. The number of aromatic carboxylic acids is 1. The van der Waals surface area contributed by atoms with E-state index in [-0.39, 0.29) is 5.56 Å². The molecule has 2 aromatic rings. The number of halogens is 2. The molecule has 0 aliphatic rings. The molecule has 0 aromatic heterocycles. The quantitative estimate of drug-likeness (QED) is 0.771. The first-order chi connectivity index (χ1) is 10.1. The molecule has 4 nitrogen and oxygen atoms in total. The maximum Gasteiger partial charge on any atom is 0.335 e. The van der Waals surface area contributed by atoms with Crippen LogP contribution >= 0.6 is 27.5 Å². The third-order valence-corrected chi connectivity index (χ3v) is 3.55. The third kappa shape index (κ3) is 4.37.